The molecule has 0 bridgehead atoms. The molecule has 25 heavy (non-hydrogen) atoms. The van der Waals surface area contributed by atoms with Crippen molar-refractivity contribution in [3.8, 4) is 11.5 Å². The van der Waals surface area contributed by atoms with Crippen LogP contribution in [0.15, 0.2) is 34.8 Å². The molecular weight excluding hydrogens is 413 g/mol. The standard InChI is InChI=1S/C18H20BrClFNO3/c1-11(23)8-22-9-13-5-17(24-2)18(7-15(13)19)25-10-12-3-4-14(21)6-16(12)20/h3-7,11,22-23H,8-10H2,1-2H3. The highest BCUT2D eigenvalue weighted by molar-refractivity contribution is 9.10. The molecule has 1 atom stereocenters. The average molecular weight is 433 g/mol. The lowest BCUT2D eigenvalue weighted by Crippen LogP contribution is -2.24. The van der Waals surface area contributed by atoms with Crippen molar-refractivity contribution in [2.24, 2.45) is 0 Å². The topological polar surface area (TPSA) is 50.7 Å². The summed E-state index contributed by atoms with van der Waals surface area (Å²) in [6, 6.07) is 7.86. The molecule has 0 amide bonds. The summed E-state index contributed by atoms with van der Waals surface area (Å²) in [5.74, 6) is 0.743. The van der Waals surface area contributed by atoms with Gasteiger partial charge in [0.1, 0.15) is 12.4 Å². The van der Waals surface area contributed by atoms with Crippen LogP contribution in [0.2, 0.25) is 5.02 Å². The maximum atomic E-state index is 13.1. The van der Waals surface area contributed by atoms with Gasteiger partial charge < -0.3 is 19.9 Å². The number of benzene rings is 2. The van der Waals surface area contributed by atoms with E-state index in [1.807, 2.05) is 12.1 Å². The molecule has 4 nitrogen and oxygen atoms in total. The predicted molar refractivity (Wildman–Crippen MR) is 99.8 cm³/mol. The van der Waals surface area contributed by atoms with Crippen molar-refractivity contribution in [3.05, 3.63) is 56.8 Å². The number of aliphatic hydroxyl groups is 1. The third-order valence-electron chi connectivity index (χ3n) is 3.49. The minimum atomic E-state index is -0.413. The summed E-state index contributed by atoms with van der Waals surface area (Å²) < 4.78 is 25.1. The molecule has 0 aromatic heterocycles. The van der Waals surface area contributed by atoms with Gasteiger partial charge in [-0.3, -0.25) is 0 Å². The summed E-state index contributed by atoms with van der Waals surface area (Å²) in [7, 11) is 1.56. The predicted octanol–water partition coefficient (Wildman–Crippen LogP) is 4.30. The molecule has 2 N–H and O–H groups in total. The molecular formula is C18H20BrClFNO3. The van der Waals surface area contributed by atoms with Gasteiger partial charge in [0.05, 0.1) is 18.2 Å². The summed E-state index contributed by atoms with van der Waals surface area (Å²) in [4.78, 5) is 0. The van der Waals surface area contributed by atoms with Gasteiger partial charge in [0.25, 0.3) is 0 Å². The minimum Gasteiger partial charge on any atom is -0.493 e. The van der Waals surface area contributed by atoms with Crippen LogP contribution in [0.25, 0.3) is 0 Å². The maximum absolute atomic E-state index is 13.1. The summed E-state index contributed by atoms with van der Waals surface area (Å²) in [5.41, 5.74) is 1.66. The van der Waals surface area contributed by atoms with E-state index < -0.39 is 6.10 Å². The highest BCUT2D eigenvalue weighted by Gasteiger charge is 2.12. The molecule has 0 spiro atoms. The normalized spacial score (nSPS) is 12.1. The van der Waals surface area contributed by atoms with Gasteiger partial charge >= 0.3 is 0 Å². The molecule has 0 radical (unpaired) electrons. The smallest absolute Gasteiger partial charge is 0.162 e. The molecule has 0 saturated carbocycles. The second-order valence-electron chi connectivity index (χ2n) is 5.60. The van der Waals surface area contributed by atoms with Crippen LogP contribution in [-0.2, 0) is 13.2 Å². The lowest BCUT2D eigenvalue weighted by atomic mass is 10.2. The first kappa shape index (κ1) is 20.0. The van der Waals surface area contributed by atoms with Gasteiger partial charge in [0.2, 0.25) is 0 Å². The first-order chi connectivity index (χ1) is 11.9. The number of nitrogens with one attached hydrogen (secondary N) is 1. The molecule has 0 aliphatic rings. The molecule has 1 unspecified atom stereocenters. The van der Waals surface area contributed by atoms with Crippen molar-refractivity contribution in [3.63, 3.8) is 0 Å². The van der Waals surface area contributed by atoms with Crippen molar-refractivity contribution in [1.29, 1.82) is 0 Å². The van der Waals surface area contributed by atoms with Gasteiger partial charge in [-0.15, -0.1) is 0 Å². The zero-order valence-corrected chi connectivity index (χ0v) is 16.3. The quantitative estimate of drug-likeness (QED) is 0.653. The summed E-state index contributed by atoms with van der Waals surface area (Å²) in [5, 5.41) is 12.8. The van der Waals surface area contributed by atoms with Crippen LogP contribution >= 0.6 is 27.5 Å². The van der Waals surface area contributed by atoms with Crippen molar-refractivity contribution < 1.29 is 19.0 Å². The molecule has 2 aromatic rings. The number of methoxy groups -OCH3 is 1. The van der Waals surface area contributed by atoms with Crippen molar-refractivity contribution >= 4 is 27.5 Å². The fraction of sp³-hybridized carbons (Fsp3) is 0.333. The molecule has 0 aliphatic carbocycles. The van der Waals surface area contributed by atoms with E-state index in [0.717, 1.165) is 10.0 Å². The molecule has 0 saturated heterocycles. The summed E-state index contributed by atoms with van der Waals surface area (Å²) >= 11 is 9.53. The highest BCUT2D eigenvalue weighted by Crippen LogP contribution is 2.34. The van der Waals surface area contributed by atoms with Crippen LogP contribution in [0.1, 0.15) is 18.1 Å². The van der Waals surface area contributed by atoms with Gasteiger partial charge in [-0.1, -0.05) is 33.6 Å². The van der Waals surface area contributed by atoms with E-state index in [-0.39, 0.29) is 12.4 Å². The maximum Gasteiger partial charge on any atom is 0.162 e. The molecule has 0 aliphatic heterocycles. The number of halogens is 3. The van der Waals surface area contributed by atoms with Crippen molar-refractivity contribution in [2.75, 3.05) is 13.7 Å². The van der Waals surface area contributed by atoms with Crippen LogP contribution in [0.5, 0.6) is 11.5 Å². The van der Waals surface area contributed by atoms with Crippen LogP contribution in [0, 0.1) is 5.82 Å². The SMILES string of the molecule is COc1cc(CNCC(C)O)c(Br)cc1OCc1ccc(F)cc1Cl. The Kier molecular flexibility index (Phi) is 7.50. The number of ether oxygens (including phenoxy) is 2. The Balaban J connectivity index is 2.10. The molecule has 2 rings (SSSR count). The monoisotopic (exact) mass is 431 g/mol. The first-order valence-corrected chi connectivity index (χ1v) is 8.89. The highest BCUT2D eigenvalue weighted by atomic mass is 79.9. The third kappa shape index (κ3) is 5.85. The fourth-order valence-electron chi connectivity index (χ4n) is 2.19. The van der Waals surface area contributed by atoms with Gasteiger partial charge in [0, 0.05) is 23.1 Å². The van der Waals surface area contributed by atoms with Crippen LogP contribution in [0.4, 0.5) is 4.39 Å². The molecule has 0 heterocycles. The molecule has 0 fully saturated rings. The van der Waals surface area contributed by atoms with E-state index >= 15 is 0 Å². The minimum absolute atomic E-state index is 0.196. The Morgan fingerprint density at radius 3 is 2.64 bits per heavy atom. The summed E-state index contributed by atoms with van der Waals surface area (Å²) in [6.45, 7) is 2.99. The Labute approximate surface area is 160 Å². The first-order valence-electron chi connectivity index (χ1n) is 7.72. The second kappa shape index (κ2) is 9.38. The number of hydrogen-bond acceptors (Lipinski definition) is 4. The van der Waals surface area contributed by atoms with Gasteiger partial charge in [-0.2, -0.15) is 0 Å². The fourth-order valence-corrected chi connectivity index (χ4v) is 2.88. The van der Waals surface area contributed by atoms with E-state index in [0.29, 0.717) is 35.2 Å². The van der Waals surface area contributed by atoms with Crippen LogP contribution < -0.4 is 14.8 Å². The number of hydrogen-bond donors (Lipinski definition) is 2. The van der Waals surface area contributed by atoms with E-state index in [2.05, 4.69) is 21.2 Å². The Hall–Kier alpha value is -1.34. The summed E-state index contributed by atoms with van der Waals surface area (Å²) in [6.07, 6.45) is -0.413. The Morgan fingerprint density at radius 2 is 2.00 bits per heavy atom. The molecule has 2 aromatic carbocycles. The van der Waals surface area contributed by atoms with Gasteiger partial charge in [-0.05, 0) is 36.8 Å². The number of rotatable bonds is 8. The molecule has 7 heteroatoms. The van der Waals surface area contributed by atoms with Crippen molar-refractivity contribution in [2.45, 2.75) is 26.2 Å². The number of aliphatic hydroxyl groups excluding tert-OH is 1. The average Bonchev–Trinajstić information content (AvgIpc) is 2.55. The zero-order chi connectivity index (χ0) is 18.4. The molecule has 136 valence electrons. The van der Waals surface area contributed by atoms with Crippen LogP contribution in [-0.4, -0.2) is 24.9 Å². The largest absolute Gasteiger partial charge is 0.493 e. The van der Waals surface area contributed by atoms with Crippen LogP contribution in [0.3, 0.4) is 0 Å². The second-order valence-corrected chi connectivity index (χ2v) is 6.86. The van der Waals surface area contributed by atoms with E-state index in [1.165, 1.54) is 12.1 Å². The lowest BCUT2D eigenvalue weighted by Gasteiger charge is -2.15. The van der Waals surface area contributed by atoms with Crippen molar-refractivity contribution in [1.82, 2.24) is 5.32 Å². The Morgan fingerprint density at radius 1 is 1.24 bits per heavy atom. The van der Waals surface area contributed by atoms with Gasteiger partial charge in [-0.25, -0.2) is 4.39 Å². The van der Waals surface area contributed by atoms with E-state index in [4.69, 9.17) is 21.1 Å². The van der Waals surface area contributed by atoms with E-state index in [9.17, 15) is 9.50 Å². The van der Waals surface area contributed by atoms with E-state index in [1.54, 1.807) is 20.1 Å². The lowest BCUT2D eigenvalue weighted by molar-refractivity contribution is 0.191. The Bertz CT molecular complexity index is 728. The zero-order valence-electron chi connectivity index (χ0n) is 14.0. The van der Waals surface area contributed by atoms with Gasteiger partial charge in [0.15, 0.2) is 11.5 Å². The third-order valence-corrected chi connectivity index (χ3v) is 4.58.